The van der Waals surface area contributed by atoms with Crippen LogP contribution in [0.3, 0.4) is 0 Å². The molecule has 0 aromatic carbocycles. The first-order valence-electron chi connectivity index (χ1n) is 5.02. The van der Waals surface area contributed by atoms with Crippen LogP contribution in [0.15, 0.2) is 22.8 Å². The Hall–Kier alpha value is -0.410. The minimum atomic E-state index is 0.644. The molecule has 14 heavy (non-hydrogen) atoms. The van der Waals surface area contributed by atoms with Crippen LogP contribution in [-0.4, -0.2) is 29.0 Å². The predicted molar refractivity (Wildman–Crippen MR) is 61.4 cm³/mol. The molecule has 1 fully saturated rings. The van der Waals surface area contributed by atoms with Crippen LogP contribution in [0.25, 0.3) is 0 Å². The Morgan fingerprint density at radius 3 is 2.64 bits per heavy atom. The molecule has 1 aliphatic heterocycles. The van der Waals surface area contributed by atoms with Crippen molar-refractivity contribution in [2.24, 2.45) is 0 Å². The van der Waals surface area contributed by atoms with Gasteiger partial charge in [0.25, 0.3) is 0 Å². The highest BCUT2D eigenvalue weighted by Crippen LogP contribution is 2.27. The van der Waals surface area contributed by atoms with Crippen molar-refractivity contribution < 1.29 is 0 Å². The summed E-state index contributed by atoms with van der Waals surface area (Å²) in [6.45, 7) is 6.80. The van der Waals surface area contributed by atoms with Gasteiger partial charge in [0.2, 0.25) is 0 Å². The lowest BCUT2D eigenvalue weighted by atomic mass is 9.94. The molecule has 0 saturated carbocycles. The number of rotatable bonds is 2. The number of aromatic nitrogens is 1. The Balaban J connectivity index is 1.96. The standard InChI is InChI=1S/C11H15BrN2/c1-8(2)14-6-9(7-14)11-4-3-10(12)5-13-11/h3-5,8-9H,6-7H2,1-2H3. The SMILES string of the molecule is CC(C)N1CC(c2ccc(Br)cn2)C1. The fraction of sp³-hybridized carbons (Fsp3) is 0.545. The maximum absolute atomic E-state index is 4.42. The fourth-order valence-electron chi connectivity index (χ4n) is 1.75. The van der Waals surface area contributed by atoms with Crippen molar-refractivity contribution in [1.29, 1.82) is 0 Å². The summed E-state index contributed by atoms with van der Waals surface area (Å²) in [6.07, 6.45) is 1.88. The second kappa shape index (κ2) is 3.99. The lowest BCUT2D eigenvalue weighted by molar-refractivity contribution is 0.108. The molecule has 2 heterocycles. The van der Waals surface area contributed by atoms with E-state index in [1.54, 1.807) is 0 Å². The summed E-state index contributed by atoms with van der Waals surface area (Å²) in [5.74, 6) is 0.644. The first kappa shape index (κ1) is 10.1. The van der Waals surface area contributed by atoms with Gasteiger partial charge in [0.15, 0.2) is 0 Å². The Bertz CT molecular complexity index is 302. The van der Waals surface area contributed by atoms with Gasteiger partial charge >= 0.3 is 0 Å². The highest BCUT2D eigenvalue weighted by molar-refractivity contribution is 9.10. The van der Waals surface area contributed by atoms with Crippen LogP contribution >= 0.6 is 15.9 Å². The average molecular weight is 255 g/mol. The summed E-state index contributed by atoms with van der Waals surface area (Å²) in [5, 5.41) is 0. The maximum atomic E-state index is 4.42. The van der Waals surface area contributed by atoms with Crippen molar-refractivity contribution in [3.8, 4) is 0 Å². The van der Waals surface area contributed by atoms with Gasteiger partial charge in [-0.05, 0) is 41.9 Å². The van der Waals surface area contributed by atoms with E-state index >= 15 is 0 Å². The van der Waals surface area contributed by atoms with E-state index in [0.29, 0.717) is 12.0 Å². The summed E-state index contributed by atoms with van der Waals surface area (Å²) in [4.78, 5) is 6.89. The van der Waals surface area contributed by atoms with Crippen LogP contribution < -0.4 is 0 Å². The normalized spacial score (nSPS) is 18.6. The first-order valence-corrected chi connectivity index (χ1v) is 5.81. The van der Waals surface area contributed by atoms with Gasteiger partial charge in [0, 0.05) is 41.4 Å². The first-order chi connectivity index (χ1) is 6.66. The zero-order valence-corrected chi connectivity index (χ0v) is 10.2. The third-order valence-electron chi connectivity index (χ3n) is 2.81. The molecule has 0 bridgehead atoms. The van der Waals surface area contributed by atoms with Gasteiger partial charge in [-0.1, -0.05) is 0 Å². The summed E-state index contributed by atoms with van der Waals surface area (Å²) in [5.41, 5.74) is 1.23. The van der Waals surface area contributed by atoms with Crippen LogP contribution in [0.1, 0.15) is 25.5 Å². The molecule has 3 heteroatoms. The monoisotopic (exact) mass is 254 g/mol. The van der Waals surface area contributed by atoms with Gasteiger partial charge in [-0.3, -0.25) is 9.88 Å². The number of nitrogens with zero attached hydrogens (tertiary/aromatic N) is 2. The van der Waals surface area contributed by atoms with Gasteiger partial charge in [0.1, 0.15) is 0 Å². The topological polar surface area (TPSA) is 16.1 Å². The van der Waals surface area contributed by atoms with Crippen LogP contribution in [0, 0.1) is 0 Å². The minimum Gasteiger partial charge on any atom is -0.300 e. The highest BCUT2D eigenvalue weighted by Gasteiger charge is 2.30. The van der Waals surface area contributed by atoms with Crippen molar-refractivity contribution in [2.75, 3.05) is 13.1 Å². The molecule has 0 amide bonds. The van der Waals surface area contributed by atoms with Crippen molar-refractivity contribution in [3.63, 3.8) is 0 Å². The number of hydrogen-bond donors (Lipinski definition) is 0. The molecule has 1 aromatic heterocycles. The number of pyridine rings is 1. The van der Waals surface area contributed by atoms with Gasteiger partial charge in [-0.15, -0.1) is 0 Å². The largest absolute Gasteiger partial charge is 0.300 e. The van der Waals surface area contributed by atoms with Crippen LogP contribution in [-0.2, 0) is 0 Å². The average Bonchev–Trinajstić information content (AvgIpc) is 2.05. The van der Waals surface area contributed by atoms with Crippen molar-refractivity contribution >= 4 is 15.9 Å². The van der Waals surface area contributed by atoms with Crippen LogP contribution in [0.2, 0.25) is 0 Å². The molecule has 0 radical (unpaired) electrons. The Morgan fingerprint density at radius 2 is 2.14 bits per heavy atom. The van der Waals surface area contributed by atoms with E-state index in [1.165, 1.54) is 5.69 Å². The zero-order valence-electron chi connectivity index (χ0n) is 8.57. The van der Waals surface area contributed by atoms with E-state index in [9.17, 15) is 0 Å². The van der Waals surface area contributed by atoms with Crippen molar-refractivity contribution in [3.05, 3.63) is 28.5 Å². The Labute approximate surface area is 93.5 Å². The van der Waals surface area contributed by atoms with E-state index < -0.39 is 0 Å². The number of halogens is 1. The molecule has 1 aliphatic rings. The van der Waals surface area contributed by atoms with Crippen LogP contribution in [0.5, 0.6) is 0 Å². The highest BCUT2D eigenvalue weighted by atomic mass is 79.9. The summed E-state index contributed by atoms with van der Waals surface area (Å²) in [6, 6.07) is 4.86. The molecule has 0 aliphatic carbocycles. The molecule has 2 rings (SSSR count). The second-order valence-electron chi connectivity index (χ2n) is 4.15. The smallest absolute Gasteiger partial charge is 0.0460 e. The third kappa shape index (κ3) is 1.98. The van der Waals surface area contributed by atoms with E-state index in [2.05, 4.69) is 51.8 Å². The quantitative estimate of drug-likeness (QED) is 0.807. The predicted octanol–water partition coefficient (Wildman–Crippen LogP) is 2.65. The van der Waals surface area contributed by atoms with Crippen LogP contribution in [0.4, 0.5) is 0 Å². The third-order valence-corrected chi connectivity index (χ3v) is 3.28. The summed E-state index contributed by atoms with van der Waals surface area (Å²) >= 11 is 3.40. The van der Waals surface area contributed by atoms with Gasteiger partial charge in [-0.25, -0.2) is 0 Å². The molecular weight excluding hydrogens is 240 g/mol. The summed E-state index contributed by atoms with van der Waals surface area (Å²) < 4.78 is 1.06. The van der Waals surface area contributed by atoms with E-state index in [0.717, 1.165) is 17.6 Å². The second-order valence-corrected chi connectivity index (χ2v) is 5.06. The van der Waals surface area contributed by atoms with Gasteiger partial charge in [0.05, 0.1) is 0 Å². The molecule has 0 spiro atoms. The molecule has 2 nitrogen and oxygen atoms in total. The molecule has 1 aromatic rings. The molecule has 76 valence electrons. The van der Waals surface area contributed by atoms with E-state index in [1.807, 2.05) is 6.20 Å². The summed E-state index contributed by atoms with van der Waals surface area (Å²) in [7, 11) is 0. The molecule has 0 N–H and O–H groups in total. The number of likely N-dealkylation sites (tertiary alicyclic amines) is 1. The molecule has 1 saturated heterocycles. The lowest BCUT2D eigenvalue weighted by Crippen LogP contribution is -2.48. The van der Waals surface area contributed by atoms with Crippen molar-refractivity contribution in [1.82, 2.24) is 9.88 Å². The van der Waals surface area contributed by atoms with Gasteiger partial charge < -0.3 is 0 Å². The lowest BCUT2D eigenvalue weighted by Gasteiger charge is -2.41. The number of hydrogen-bond acceptors (Lipinski definition) is 2. The fourth-order valence-corrected chi connectivity index (χ4v) is 1.98. The van der Waals surface area contributed by atoms with Crippen molar-refractivity contribution in [2.45, 2.75) is 25.8 Å². The zero-order chi connectivity index (χ0) is 10.1. The Morgan fingerprint density at radius 1 is 1.43 bits per heavy atom. The minimum absolute atomic E-state index is 0.644. The van der Waals surface area contributed by atoms with E-state index in [-0.39, 0.29) is 0 Å². The van der Waals surface area contributed by atoms with Gasteiger partial charge in [-0.2, -0.15) is 0 Å². The molecule has 0 atom stereocenters. The maximum Gasteiger partial charge on any atom is 0.0460 e. The molecular formula is C11H15BrN2. The Kier molecular flexibility index (Phi) is 2.88. The van der Waals surface area contributed by atoms with E-state index in [4.69, 9.17) is 0 Å². The molecule has 0 unspecified atom stereocenters.